The molecule has 7 heteroatoms. The van der Waals surface area contributed by atoms with E-state index in [1.807, 2.05) is 24.1 Å². The fraction of sp³-hybridized carbons (Fsp3) is 0.500. The molecule has 0 bridgehead atoms. The number of hydrogen-bond donors (Lipinski definition) is 1. The van der Waals surface area contributed by atoms with E-state index in [0.717, 1.165) is 34.7 Å². The first kappa shape index (κ1) is 16.5. The number of nitrogens with zero attached hydrogens (tertiary/aromatic N) is 5. The summed E-state index contributed by atoms with van der Waals surface area (Å²) in [7, 11) is 1.94. The molecule has 0 saturated carbocycles. The minimum atomic E-state index is 0.0302. The first-order valence-electron chi connectivity index (χ1n) is 8.50. The van der Waals surface area contributed by atoms with Gasteiger partial charge in [-0.25, -0.2) is 9.97 Å². The van der Waals surface area contributed by atoms with E-state index in [-0.39, 0.29) is 11.1 Å². The maximum Gasteiger partial charge on any atom is 0.150 e. The second-order valence-corrected chi connectivity index (χ2v) is 9.23. The predicted octanol–water partition coefficient (Wildman–Crippen LogP) is 3.06. The highest BCUT2D eigenvalue weighted by Crippen LogP contribution is 2.38. The fourth-order valence-electron chi connectivity index (χ4n) is 3.91. The number of hydrogen-bond acceptors (Lipinski definition) is 6. The molecule has 1 aliphatic rings. The molecule has 6 nitrogen and oxygen atoms in total. The summed E-state index contributed by atoms with van der Waals surface area (Å²) in [5.41, 5.74) is 2.19. The average molecular weight is 356 g/mol. The predicted molar refractivity (Wildman–Crippen MR) is 103 cm³/mol. The first-order valence-corrected chi connectivity index (χ1v) is 9.32. The van der Waals surface area contributed by atoms with Crippen molar-refractivity contribution in [1.82, 2.24) is 25.1 Å². The number of fused-ring (bicyclic) bond motifs is 1. The van der Waals surface area contributed by atoms with Crippen LogP contribution in [0, 0.1) is 0 Å². The summed E-state index contributed by atoms with van der Waals surface area (Å²) in [6.45, 7) is 10.8. The molecule has 0 aromatic carbocycles. The summed E-state index contributed by atoms with van der Waals surface area (Å²) >= 11 is 1.74. The van der Waals surface area contributed by atoms with E-state index in [2.05, 4.69) is 59.0 Å². The third-order valence-corrected chi connectivity index (χ3v) is 5.60. The van der Waals surface area contributed by atoms with Crippen LogP contribution in [0.4, 0.5) is 5.82 Å². The highest BCUT2D eigenvalue weighted by molar-refractivity contribution is 7.22. The maximum absolute atomic E-state index is 4.65. The molecule has 1 saturated heterocycles. The Morgan fingerprint density at radius 2 is 1.84 bits per heavy atom. The smallest absolute Gasteiger partial charge is 0.150 e. The van der Waals surface area contributed by atoms with Gasteiger partial charge in [0.1, 0.15) is 12.1 Å². The molecule has 0 radical (unpaired) electrons. The minimum Gasteiger partial charge on any atom is -0.352 e. The Morgan fingerprint density at radius 1 is 1.12 bits per heavy atom. The Morgan fingerprint density at radius 3 is 2.48 bits per heavy atom. The van der Waals surface area contributed by atoms with Crippen LogP contribution in [0.15, 0.2) is 24.8 Å². The van der Waals surface area contributed by atoms with Crippen LogP contribution < -0.4 is 10.2 Å². The Bertz CT molecular complexity index is 907. The summed E-state index contributed by atoms with van der Waals surface area (Å²) in [6.07, 6.45) is 5.61. The van der Waals surface area contributed by atoms with Gasteiger partial charge >= 0.3 is 0 Å². The lowest BCUT2D eigenvalue weighted by Crippen LogP contribution is -2.67. The van der Waals surface area contributed by atoms with E-state index in [1.54, 1.807) is 17.7 Å². The topological polar surface area (TPSA) is 58.9 Å². The molecular weight excluding hydrogens is 332 g/mol. The van der Waals surface area contributed by atoms with Gasteiger partial charge in [0.15, 0.2) is 0 Å². The second kappa shape index (κ2) is 5.51. The van der Waals surface area contributed by atoms with Crippen molar-refractivity contribution >= 4 is 27.4 Å². The van der Waals surface area contributed by atoms with Crippen LogP contribution >= 0.6 is 11.3 Å². The average Bonchev–Trinajstić information content (AvgIpc) is 3.09. The number of piperazine rings is 1. The number of nitrogens with one attached hydrogen (secondary N) is 1. The van der Waals surface area contributed by atoms with Crippen molar-refractivity contribution in [2.24, 2.45) is 7.05 Å². The van der Waals surface area contributed by atoms with Gasteiger partial charge in [-0.2, -0.15) is 5.10 Å². The lowest BCUT2D eigenvalue weighted by molar-refractivity contribution is 0.226. The van der Waals surface area contributed by atoms with Crippen molar-refractivity contribution in [2.45, 2.75) is 38.8 Å². The Balaban J connectivity index is 1.78. The zero-order valence-corrected chi connectivity index (χ0v) is 16.2. The van der Waals surface area contributed by atoms with Gasteiger partial charge in [0.05, 0.1) is 16.4 Å². The molecule has 0 aliphatic carbocycles. The van der Waals surface area contributed by atoms with Crippen molar-refractivity contribution in [3.05, 3.63) is 24.8 Å². The first-order chi connectivity index (χ1) is 11.7. The van der Waals surface area contributed by atoms with Crippen molar-refractivity contribution in [3.8, 4) is 10.4 Å². The van der Waals surface area contributed by atoms with Crippen LogP contribution in [-0.4, -0.2) is 43.9 Å². The van der Waals surface area contributed by atoms with Crippen molar-refractivity contribution < 1.29 is 0 Å². The Hall–Kier alpha value is -1.99. The van der Waals surface area contributed by atoms with E-state index in [0.29, 0.717) is 0 Å². The molecule has 25 heavy (non-hydrogen) atoms. The highest BCUT2D eigenvalue weighted by atomic mass is 32.1. The van der Waals surface area contributed by atoms with E-state index >= 15 is 0 Å². The summed E-state index contributed by atoms with van der Waals surface area (Å²) in [4.78, 5) is 12.7. The highest BCUT2D eigenvalue weighted by Gasteiger charge is 2.37. The molecule has 0 amide bonds. The third-order valence-electron chi connectivity index (χ3n) is 4.43. The summed E-state index contributed by atoms with van der Waals surface area (Å²) < 4.78 is 2.98. The number of thiophene rings is 1. The molecule has 0 spiro atoms. The summed E-state index contributed by atoms with van der Waals surface area (Å²) in [5.74, 6) is 1.03. The monoisotopic (exact) mass is 356 g/mol. The molecule has 4 rings (SSSR count). The van der Waals surface area contributed by atoms with Crippen LogP contribution in [0.1, 0.15) is 27.7 Å². The lowest BCUT2D eigenvalue weighted by Gasteiger charge is -2.48. The molecule has 1 fully saturated rings. The Labute approximate surface area is 151 Å². The zero-order valence-electron chi connectivity index (χ0n) is 15.4. The quantitative estimate of drug-likeness (QED) is 0.765. The number of aryl methyl sites for hydroxylation is 1. The maximum atomic E-state index is 4.65. The molecule has 132 valence electrons. The van der Waals surface area contributed by atoms with Crippen LogP contribution in [0.2, 0.25) is 0 Å². The summed E-state index contributed by atoms with van der Waals surface area (Å²) in [6, 6.07) is 2.14. The van der Waals surface area contributed by atoms with Crippen LogP contribution in [0.3, 0.4) is 0 Å². The summed E-state index contributed by atoms with van der Waals surface area (Å²) in [5, 5.41) is 8.00. The van der Waals surface area contributed by atoms with E-state index in [1.165, 1.54) is 4.88 Å². The van der Waals surface area contributed by atoms with E-state index < -0.39 is 0 Å². The normalized spacial score (nSPS) is 19.5. The molecule has 1 N–H and O–H groups in total. The number of rotatable bonds is 2. The molecule has 3 aromatic rings. The van der Waals surface area contributed by atoms with Crippen molar-refractivity contribution in [1.29, 1.82) is 0 Å². The standard InChI is InChI=1S/C18H24N6S/c1-17(2)9-24(10-18(3,4)22-17)16-15-13(19-11-20-16)6-14(25-15)12-7-21-23(5)8-12/h6-8,11,22H,9-10H2,1-5H3. The molecular formula is C18H24N6S. The molecule has 1 aliphatic heterocycles. The largest absolute Gasteiger partial charge is 0.352 e. The van der Waals surface area contributed by atoms with Crippen LogP contribution in [0.5, 0.6) is 0 Å². The van der Waals surface area contributed by atoms with Gasteiger partial charge in [0, 0.05) is 47.9 Å². The molecule has 0 unspecified atom stereocenters. The third kappa shape index (κ3) is 3.14. The Kier molecular flexibility index (Phi) is 3.63. The molecule has 0 atom stereocenters. The van der Waals surface area contributed by atoms with Crippen molar-refractivity contribution in [2.75, 3.05) is 18.0 Å². The van der Waals surface area contributed by atoms with Crippen molar-refractivity contribution in [3.63, 3.8) is 0 Å². The van der Waals surface area contributed by atoms with Gasteiger partial charge in [-0.3, -0.25) is 4.68 Å². The molecule has 4 heterocycles. The van der Waals surface area contributed by atoms with E-state index in [4.69, 9.17) is 0 Å². The fourth-order valence-corrected chi connectivity index (χ4v) is 5.02. The lowest BCUT2D eigenvalue weighted by atomic mass is 9.91. The zero-order chi connectivity index (χ0) is 17.8. The number of aromatic nitrogens is 4. The molecule has 3 aromatic heterocycles. The second-order valence-electron chi connectivity index (χ2n) is 8.17. The minimum absolute atomic E-state index is 0.0302. The van der Waals surface area contributed by atoms with Gasteiger partial charge < -0.3 is 10.2 Å². The van der Waals surface area contributed by atoms with Crippen LogP contribution in [-0.2, 0) is 7.05 Å². The van der Waals surface area contributed by atoms with Gasteiger partial charge in [0.25, 0.3) is 0 Å². The van der Waals surface area contributed by atoms with E-state index in [9.17, 15) is 0 Å². The van der Waals surface area contributed by atoms with Gasteiger partial charge in [-0.15, -0.1) is 11.3 Å². The van der Waals surface area contributed by atoms with Gasteiger partial charge in [-0.05, 0) is 33.8 Å². The number of anilines is 1. The van der Waals surface area contributed by atoms with Gasteiger partial charge in [-0.1, -0.05) is 0 Å². The van der Waals surface area contributed by atoms with Gasteiger partial charge in [0.2, 0.25) is 0 Å². The van der Waals surface area contributed by atoms with Crippen LogP contribution in [0.25, 0.3) is 20.7 Å². The SMILES string of the molecule is Cn1cc(-c2cc3ncnc(N4CC(C)(C)NC(C)(C)C4)c3s2)cn1.